The van der Waals surface area contributed by atoms with Crippen molar-refractivity contribution in [3.05, 3.63) is 90.8 Å². The number of aliphatic hydroxyl groups excluding tert-OH is 1. The lowest BCUT2D eigenvalue weighted by molar-refractivity contribution is -0.124. The third-order valence-corrected chi connectivity index (χ3v) is 5.72. The molecule has 2 aromatic carbocycles. The van der Waals surface area contributed by atoms with Crippen molar-refractivity contribution in [2.45, 2.75) is 25.7 Å². The Hall–Kier alpha value is -3.78. The van der Waals surface area contributed by atoms with Crippen molar-refractivity contribution in [2.75, 3.05) is 19.0 Å². The van der Waals surface area contributed by atoms with Crippen LogP contribution in [0, 0.1) is 5.92 Å². The molecule has 8 nitrogen and oxygen atoms in total. The molecule has 3 aromatic rings. The minimum atomic E-state index is -0.463. The molecular formula is C25H30N6O2. The van der Waals surface area contributed by atoms with Gasteiger partial charge in [-0.3, -0.25) is 4.79 Å². The molecular weight excluding hydrogens is 416 g/mol. The Labute approximate surface area is 194 Å². The maximum Gasteiger partial charge on any atom is 0.232 e. The number of hydrogen-bond donors (Lipinski definition) is 4. The molecule has 0 fully saturated rings. The highest BCUT2D eigenvalue weighted by Crippen LogP contribution is 2.30. The molecule has 0 bridgehead atoms. The van der Waals surface area contributed by atoms with E-state index in [4.69, 9.17) is 0 Å². The molecule has 4 N–H and O–H groups in total. The molecule has 1 amide bonds. The van der Waals surface area contributed by atoms with E-state index in [0.717, 1.165) is 22.6 Å². The monoisotopic (exact) mass is 446 g/mol. The zero-order chi connectivity index (χ0) is 23.2. The number of aromatic nitrogens is 2. The van der Waals surface area contributed by atoms with Crippen LogP contribution in [0.5, 0.6) is 0 Å². The molecule has 8 heteroatoms. The van der Waals surface area contributed by atoms with Gasteiger partial charge in [-0.05, 0) is 36.8 Å². The summed E-state index contributed by atoms with van der Waals surface area (Å²) in [7, 11) is 1.65. The van der Waals surface area contributed by atoms with Gasteiger partial charge in [-0.25, -0.2) is 4.98 Å². The fraction of sp³-hybridized carbons (Fsp3) is 0.280. The fourth-order valence-electron chi connectivity index (χ4n) is 4.01. The average molecular weight is 447 g/mol. The first-order chi connectivity index (χ1) is 16.1. The number of para-hydroxylation sites is 1. The van der Waals surface area contributed by atoms with Crippen molar-refractivity contribution in [1.29, 1.82) is 0 Å². The molecule has 3 unspecified atom stereocenters. The average Bonchev–Trinajstić information content (AvgIpc) is 3.49. The van der Waals surface area contributed by atoms with E-state index in [2.05, 4.69) is 50.1 Å². The molecule has 0 saturated carbocycles. The Morgan fingerprint density at radius 3 is 2.55 bits per heavy atom. The van der Waals surface area contributed by atoms with Gasteiger partial charge in [0, 0.05) is 55.3 Å². The largest absolute Gasteiger partial charge is 0.394 e. The van der Waals surface area contributed by atoms with Crippen LogP contribution in [-0.2, 0) is 11.3 Å². The molecule has 2 heterocycles. The number of aliphatic hydroxyl groups is 1. The van der Waals surface area contributed by atoms with Crippen molar-refractivity contribution >= 4 is 11.6 Å². The zero-order valence-corrected chi connectivity index (χ0v) is 18.8. The molecule has 1 aliphatic rings. The summed E-state index contributed by atoms with van der Waals surface area (Å²) in [5.74, 6) is -0.556. The highest BCUT2D eigenvalue weighted by molar-refractivity contribution is 5.83. The summed E-state index contributed by atoms with van der Waals surface area (Å²) in [6, 6.07) is 18.0. The predicted octanol–water partition coefficient (Wildman–Crippen LogP) is 2.30. The quantitative estimate of drug-likeness (QED) is 0.403. The standard InChI is InChI=1S/C25H30N6O2/c1-18(16-32)28-22-15-31(14-19-8-10-21(11-9-19)30-13-12-27-17-30)24(23(22)25(33)26-2)29-20-6-4-3-5-7-20/h3-13,15,17-18,23-24,28-29,32H,14,16H2,1-2H3,(H,26,33). The van der Waals surface area contributed by atoms with Crippen molar-refractivity contribution in [3.8, 4) is 5.69 Å². The summed E-state index contributed by atoms with van der Waals surface area (Å²) >= 11 is 0. The third-order valence-electron chi connectivity index (χ3n) is 5.72. The summed E-state index contributed by atoms with van der Waals surface area (Å²) in [6.45, 7) is 2.48. The number of nitrogens with zero attached hydrogens (tertiary/aromatic N) is 3. The summed E-state index contributed by atoms with van der Waals surface area (Å²) in [6.07, 6.45) is 7.12. The van der Waals surface area contributed by atoms with Gasteiger partial charge in [0.15, 0.2) is 0 Å². The molecule has 0 spiro atoms. The smallest absolute Gasteiger partial charge is 0.232 e. The van der Waals surface area contributed by atoms with Crippen LogP contribution >= 0.6 is 0 Å². The number of nitrogens with one attached hydrogen (secondary N) is 3. The molecule has 0 aliphatic carbocycles. The minimum absolute atomic E-state index is 0.0235. The van der Waals surface area contributed by atoms with Gasteiger partial charge in [0.05, 0.1) is 12.9 Å². The Kier molecular flexibility index (Phi) is 6.95. The van der Waals surface area contributed by atoms with Gasteiger partial charge in [0.1, 0.15) is 12.1 Å². The first kappa shape index (κ1) is 22.4. The lowest BCUT2D eigenvalue weighted by Gasteiger charge is -2.31. The molecule has 1 aromatic heterocycles. The van der Waals surface area contributed by atoms with Gasteiger partial charge in [0.2, 0.25) is 5.91 Å². The van der Waals surface area contributed by atoms with Gasteiger partial charge >= 0.3 is 0 Å². The summed E-state index contributed by atoms with van der Waals surface area (Å²) in [5.41, 5.74) is 3.86. The number of amides is 1. The van der Waals surface area contributed by atoms with Gasteiger partial charge in [0.25, 0.3) is 0 Å². The van der Waals surface area contributed by atoms with E-state index >= 15 is 0 Å². The van der Waals surface area contributed by atoms with Crippen molar-refractivity contribution in [2.24, 2.45) is 5.92 Å². The lowest BCUT2D eigenvalue weighted by atomic mass is 10.0. The number of benzene rings is 2. The number of carbonyl (C=O) groups excluding carboxylic acids is 1. The summed E-state index contributed by atoms with van der Waals surface area (Å²) in [4.78, 5) is 19.2. The van der Waals surface area contributed by atoms with E-state index in [9.17, 15) is 9.90 Å². The highest BCUT2D eigenvalue weighted by atomic mass is 16.3. The second kappa shape index (κ2) is 10.2. The normalized spacial score (nSPS) is 18.5. The van der Waals surface area contributed by atoms with Crippen LogP contribution in [0.25, 0.3) is 5.69 Å². The van der Waals surface area contributed by atoms with Crippen LogP contribution in [0.3, 0.4) is 0 Å². The van der Waals surface area contributed by atoms with Gasteiger partial charge in [-0.2, -0.15) is 0 Å². The van der Waals surface area contributed by atoms with E-state index in [-0.39, 0.29) is 24.7 Å². The van der Waals surface area contributed by atoms with Gasteiger partial charge in [-0.15, -0.1) is 0 Å². The SMILES string of the molecule is CNC(=O)C1C(NC(C)CO)=CN(Cc2ccc(-n3ccnc3)cc2)C1Nc1ccccc1. The van der Waals surface area contributed by atoms with Crippen molar-refractivity contribution in [3.63, 3.8) is 0 Å². The maximum atomic E-state index is 12.9. The third kappa shape index (κ3) is 5.18. The van der Waals surface area contributed by atoms with E-state index in [1.807, 2.05) is 54.2 Å². The lowest BCUT2D eigenvalue weighted by Crippen LogP contribution is -2.47. The molecule has 0 radical (unpaired) electrons. The van der Waals surface area contributed by atoms with Crippen LogP contribution < -0.4 is 16.0 Å². The maximum absolute atomic E-state index is 12.9. The van der Waals surface area contributed by atoms with E-state index in [0.29, 0.717) is 6.54 Å². The van der Waals surface area contributed by atoms with Crippen LogP contribution in [0.1, 0.15) is 12.5 Å². The predicted molar refractivity (Wildman–Crippen MR) is 128 cm³/mol. The number of hydrogen-bond acceptors (Lipinski definition) is 6. The molecule has 33 heavy (non-hydrogen) atoms. The van der Waals surface area contributed by atoms with Crippen LogP contribution in [0.4, 0.5) is 5.69 Å². The van der Waals surface area contributed by atoms with Crippen LogP contribution in [-0.4, -0.2) is 51.3 Å². The Morgan fingerprint density at radius 1 is 1.15 bits per heavy atom. The zero-order valence-electron chi connectivity index (χ0n) is 18.8. The van der Waals surface area contributed by atoms with Gasteiger partial charge < -0.3 is 30.5 Å². The Bertz CT molecular complexity index is 1070. The first-order valence-corrected chi connectivity index (χ1v) is 11.0. The number of rotatable bonds is 9. The van der Waals surface area contributed by atoms with E-state index < -0.39 is 5.92 Å². The van der Waals surface area contributed by atoms with Crippen molar-refractivity contribution < 1.29 is 9.90 Å². The van der Waals surface area contributed by atoms with E-state index in [1.54, 1.807) is 19.6 Å². The number of carbonyl (C=O) groups is 1. The Morgan fingerprint density at radius 2 is 1.91 bits per heavy atom. The summed E-state index contributed by atoms with van der Waals surface area (Å²) in [5, 5.41) is 19.2. The second-order valence-electron chi connectivity index (χ2n) is 8.17. The van der Waals surface area contributed by atoms with Crippen molar-refractivity contribution in [1.82, 2.24) is 25.1 Å². The van der Waals surface area contributed by atoms with Gasteiger partial charge in [-0.1, -0.05) is 30.3 Å². The second-order valence-corrected chi connectivity index (χ2v) is 8.17. The molecule has 0 saturated heterocycles. The van der Waals surface area contributed by atoms with E-state index in [1.165, 1.54) is 0 Å². The summed E-state index contributed by atoms with van der Waals surface area (Å²) < 4.78 is 1.96. The molecule has 3 atom stereocenters. The fourth-order valence-corrected chi connectivity index (χ4v) is 4.01. The molecule has 1 aliphatic heterocycles. The van der Waals surface area contributed by atoms with Crippen LogP contribution in [0.15, 0.2) is 85.2 Å². The first-order valence-electron chi connectivity index (χ1n) is 11.0. The number of anilines is 1. The molecule has 172 valence electrons. The number of imidazole rings is 1. The highest BCUT2D eigenvalue weighted by Gasteiger charge is 2.40. The van der Waals surface area contributed by atoms with Crippen LogP contribution in [0.2, 0.25) is 0 Å². The molecule has 4 rings (SSSR count). The topological polar surface area (TPSA) is 94.5 Å². The minimum Gasteiger partial charge on any atom is -0.394 e. The Balaban J connectivity index is 1.62.